The molecule has 0 saturated heterocycles. The van der Waals surface area contributed by atoms with Crippen molar-refractivity contribution < 1.29 is 9.47 Å². The van der Waals surface area contributed by atoms with Crippen LogP contribution in [0.5, 0.6) is 11.6 Å². The Bertz CT molecular complexity index is 524. The highest BCUT2D eigenvalue weighted by molar-refractivity contribution is 9.10. The number of nitrogens with two attached hydrogens (primary N) is 1. The Morgan fingerprint density at radius 3 is 2.63 bits per heavy atom. The summed E-state index contributed by atoms with van der Waals surface area (Å²) in [5.41, 5.74) is 2.36. The largest absolute Gasteiger partial charge is 0.490 e. The molecule has 0 aliphatic heterocycles. The van der Waals surface area contributed by atoms with Crippen LogP contribution in [0.15, 0.2) is 41.0 Å². The van der Waals surface area contributed by atoms with E-state index in [2.05, 4.69) is 31.3 Å². The molecule has 19 heavy (non-hydrogen) atoms. The minimum Gasteiger partial charge on any atom is -0.490 e. The van der Waals surface area contributed by atoms with Crippen molar-refractivity contribution in [1.82, 2.24) is 9.97 Å². The number of rotatable bonds is 6. The Labute approximate surface area is 119 Å². The second-order valence-electron chi connectivity index (χ2n) is 3.50. The van der Waals surface area contributed by atoms with E-state index in [1.165, 1.54) is 0 Å². The molecule has 0 bridgehead atoms. The maximum absolute atomic E-state index is 5.50. The molecule has 0 amide bonds. The highest BCUT2D eigenvalue weighted by Crippen LogP contribution is 2.22. The van der Waals surface area contributed by atoms with Crippen LogP contribution >= 0.6 is 15.9 Å². The quantitative estimate of drug-likeness (QED) is 0.480. The highest BCUT2D eigenvalue weighted by Gasteiger charge is 2.05. The number of nitrogens with one attached hydrogen (secondary N) is 1. The van der Waals surface area contributed by atoms with Crippen LogP contribution in [-0.2, 0) is 0 Å². The first-order chi connectivity index (χ1) is 9.29. The monoisotopic (exact) mass is 324 g/mol. The van der Waals surface area contributed by atoms with Crippen molar-refractivity contribution in [3.63, 3.8) is 0 Å². The Hall–Kier alpha value is -1.86. The molecule has 6 nitrogen and oxygen atoms in total. The number of hydrogen-bond donors (Lipinski definition) is 2. The average molecular weight is 325 g/mol. The SMILES string of the molecule is NNc1ncc(Br)c(OCCOc2ccccc2)n1. The summed E-state index contributed by atoms with van der Waals surface area (Å²) in [5.74, 6) is 6.74. The van der Waals surface area contributed by atoms with E-state index in [9.17, 15) is 0 Å². The highest BCUT2D eigenvalue weighted by atomic mass is 79.9. The van der Waals surface area contributed by atoms with E-state index < -0.39 is 0 Å². The number of para-hydroxylation sites is 1. The molecular formula is C12H13BrN4O2. The van der Waals surface area contributed by atoms with Gasteiger partial charge in [0.1, 0.15) is 19.0 Å². The Morgan fingerprint density at radius 1 is 1.16 bits per heavy atom. The molecule has 1 aromatic heterocycles. The van der Waals surface area contributed by atoms with E-state index in [1.807, 2.05) is 30.3 Å². The number of nitrogen functional groups attached to an aromatic ring is 1. The lowest BCUT2D eigenvalue weighted by molar-refractivity contribution is 0.211. The zero-order valence-electron chi connectivity index (χ0n) is 10.0. The van der Waals surface area contributed by atoms with Gasteiger partial charge in [0.15, 0.2) is 0 Å². The van der Waals surface area contributed by atoms with Crippen molar-refractivity contribution in [2.45, 2.75) is 0 Å². The second kappa shape index (κ2) is 6.91. The summed E-state index contributed by atoms with van der Waals surface area (Å²) in [6, 6.07) is 9.53. The molecule has 0 atom stereocenters. The lowest BCUT2D eigenvalue weighted by atomic mass is 10.3. The number of nitrogens with zero attached hydrogens (tertiary/aromatic N) is 2. The van der Waals surface area contributed by atoms with Crippen molar-refractivity contribution in [2.75, 3.05) is 18.6 Å². The minimum absolute atomic E-state index is 0.294. The molecule has 0 saturated carbocycles. The van der Waals surface area contributed by atoms with Gasteiger partial charge in [-0.2, -0.15) is 4.98 Å². The third-order valence-corrected chi connectivity index (χ3v) is 2.72. The molecule has 0 fully saturated rings. The van der Waals surface area contributed by atoms with Crippen molar-refractivity contribution in [1.29, 1.82) is 0 Å². The van der Waals surface area contributed by atoms with Gasteiger partial charge in [0.05, 0.1) is 10.7 Å². The molecule has 1 aromatic carbocycles. The van der Waals surface area contributed by atoms with Crippen LogP contribution in [0.25, 0.3) is 0 Å². The van der Waals surface area contributed by atoms with E-state index in [1.54, 1.807) is 6.20 Å². The summed E-state index contributed by atoms with van der Waals surface area (Å²) in [5, 5.41) is 0. The van der Waals surface area contributed by atoms with Crippen LogP contribution in [0.4, 0.5) is 5.95 Å². The molecule has 100 valence electrons. The number of hydrogen-bond acceptors (Lipinski definition) is 6. The van der Waals surface area contributed by atoms with Crippen molar-refractivity contribution in [3.05, 3.63) is 41.0 Å². The number of anilines is 1. The molecule has 3 N–H and O–H groups in total. The summed E-state index contributed by atoms with van der Waals surface area (Å²) in [6.45, 7) is 0.792. The molecule has 1 heterocycles. The molecule has 0 unspecified atom stereocenters. The van der Waals surface area contributed by atoms with Crippen LogP contribution in [-0.4, -0.2) is 23.2 Å². The number of hydrazine groups is 1. The molecular weight excluding hydrogens is 312 g/mol. The van der Waals surface area contributed by atoms with E-state index in [4.69, 9.17) is 15.3 Å². The van der Waals surface area contributed by atoms with Crippen LogP contribution < -0.4 is 20.7 Å². The van der Waals surface area contributed by atoms with Gasteiger partial charge in [0.25, 0.3) is 0 Å². The Morgan fingerprint density at radius 2 is 1.89 bits per heavy atom. The molecule has 0 spiro atoms. The molecule has 0 radical (unpaired) electrons. The fourth-order valence-electron chi connectivity index (χ4n) is 1.34. The predicted octanol–water partition coefficient (Wildman–Crippen LogP) is 1.98. The normalized spacial score (nSPS) is 10.0. The number of ether oxygens (including phenoxy) is 2. The summed E-state index contributed by atoms with van der Waals surface area (Å²) in [7, 11) is 0. The summed E-state index contributed by atoms with van der Waals surface area (Å²) < 4.78 is 11.6. The Balaban J connectivity index is 1.82. The standard InChI is InChI=1S/C12H13BrN4O2/c13-10-8-15-12(17-14)16-11(10)19-7-6-18-9-4-2-1-3-5-9/h1-5,8H,6-7,14H2,(H,15,16,17). The van der Waals surface area contributed by atoms with Crippen molar-refractivity contribution in [3.8, 4) is 11.6 Å². The van der Waals surface area contributed by atoms with Gasteiger partial charge in [-0.05, 0) is 28.1 Å². The molecule has 7 heteroatoms. The molecule has 2 aromatic rings. The lowest BCUT2D eigenvalue weighted by Gasteiger charge is -2.09. The maximum Gasteiger partial charge on any atom is 0.240 e. The molecule has 0 aliphatic rings. The topological polar surface area (TPSA) is 82.3 Å². The van der Waals surface area contributed by atoms with Gasteiger partial charge in [-0.3, -0.25) is 5.43 Å². The van der Waals surface area contributed by atoms with Gasteiger partial charge in [-0.25, -0.2) is 10.8 Å². The fourth-order valence-corrected chi connectivity index (χ4v) is 1.64. The van der Waals surface area contributed by atoms with Gasteiger partial charge < -0.3 is 9.47 Å². The Kier molecular flexibility index (Phi) is 4.93. The predicted molar refractivity (Wildman–Crippen MR) is 75.0 cm³/mol. The first-order valence-corrected chi connectivity index (χ1v) is 6.38. The van der Waals surface area contributed by atoms with E-state index in [-0.39, 0.29) is 0 Å². The van der Waals surface area contributed by atoms with Crippen LogP contribution in [0.1, 0.15) is 0 Å². The summed E-state index contributed by atoms with van der Waals surface area (Å²) >= 11 is 3.30. The van der Waals surface area contributed by atoms with Crippen molar-refractivity contribution >= 4 is 21.9 Å². The zero-order chi connectivity index (χ0) is 13.5. The third kappa shape index (κ3) is 4.08. The summed E-state index contributed by atoms with van der Waals surface area (Å²) in [4.78, 5) is 7.99. The van der Waals surface area contributed by atoms with E-state index in [0.717, 1.165) is 5.75 Å². The van der Waals surface area contributed by atoms with E-state index >= 15 is 0 Å². The molecule has 0 aliphatic carbocycles. The summed E-state index contributed by atoms with van der Waals surface area (Å²) in [6.07, 6.45) is 1.57. The molecule has 2 rings (SSSR count). The van der Waals surface area contributed by atoms with Crippen LogP contribution in [0.2, 0.25) is 0 Å². The second-order valence-corrected chi connectivity index (χ2v) is 4.36. The van der Waals surface area contributed by atoms with Gasteiger partial charge >= 0.3 is 0 Å². The lowest BCUT2D eigenvalue weighted by Crippen LogP contribution is -2.13. The van der Waals surface area contributed by atoms with Gasteiger partial charge in [-0.15, -0.1) is 0 Å². The zero-order valence-corrected chi connectivity index (χ0v) is 11.6. The van der Waals surface area contributed by atoms with Gasteiger partial charge in [-0.1, -0.05) is 18.2 Å². The van der Waals surface area contributed by atoms with Crippen LogP contribution in [0.3, 0.4) is 0 Å². The number of benzene rings is 1. The fraction of sp³-hybridized carbons (Fsp3) is 0.167. The number of halogens is 1. The van der Waals surface area contributed by atoms with E-state index in [0.29, 0.717) is 29.5 Å². The maximum atomic E-state index is 5.50. The van der Waals surface area contributed by atoms with Gasteiger partial charge in [0.2, 0.25) is 11.8 Å². The number of aromatic nitrogens is 2. The first-order valence-electron chi connectivity index (χ1n) is 5.59. The first kappa shape index (κ1) is 13.6. The minimum atomic E-state index is 0.294. The van der Waals surface area contributed by atoms with Crippen LogP contribution in [0, 0.1) is 0 Å². The van der Waals surface area contributed by atoms with Gasteiger partial charge in [0, 0.05) is 0 Å². The third-order valence-electron chi connectivity index (χ3n) is 2.18. The van der Waals surface area contributed by atoms with Crippen molar-refractivity contribution in [2.24, 2.45) is 5.84 Å². The smallest absolute Gasteiger partial charge is 0.240 e. The average Bonchev–Trinajstić information content (AvgIpc) is 2.46.